The molecule has 19 heavy (non-hydrogen) atoms. The van der Waals surface area contributed by atoms with Crippen molar-refractivity contribution in [3.8, 4) is 0 Å². The van der Waals surface area contributed by atoms with Crippen LogP contribution < -0.4 is 10.2 Å². The molecule has 0 saturated carbocycles. The first-order valence-electron chi connectivity index (χ1n) is 7.09. The van der Waals surface area contributed by atoms with Gasteiger partial charge in [0.1, 0.15) is 5.82 Å². The number of nitrogens with one attached hydrogen (secondary N) is 1. The molecule has 0 amide bonds. The molecule has 2 heterocycles. The zero-order chi connectivity index (χ0) is 13.9. The van der Waals surface area contributed by atoms with Gasteiger partial charge in [-0.15, -0.1) is 0 Å². The monoisotopic (exact) mass is 325 g/mol. The summed E-state index contributed by atoms with van der Waals surface area (Å²) in [5, 5.41) is 3.63. The molecule has 1 aliphatic heterocycles. The van der Waals surface area contributed by atoms with Gasteiger partial charge in [0.2, 0.25) is 0 Å². The van der Waals surface area contributed by atoms with E-state index in [9.17, 15) is 0 Å². The van der Waals surface area contributed by atoms with Gasteiger partial charge < -0.3 is 10.2 Å². The Labute approximate surface area is 124 Å². The number of halogens is 1. The lowest BCUT2D eigenvalue weighted by atomic mass is 10.0. The van der Waals surface area contributed by atoms with Crippen LogP contribution in [0.4, 0.5) is 5.82 Å². The topological polar surface area (TPSA) is 28.2 Å². The van der Waals surface area contributed by atoms with Crippen molar-refractivity contribution in [2.75, 3.05) is 18.0 Å². The van der Waals surface area contributed by atoms with Gasteiger partial charge in [0.15, 0.2) is 0 Å². The zero-order valence-corrected chi connectivity index (χ0v) is 13.7. The Morgan fingerprint density at radius 3 is 2.89 bits per heavy atom. The first kappa shape index (κ1) is 14.8. The molecule has 0 aliphatic carbocycles. The molecule has 2 rings (SSSR count). The normalized spacial score (nSPS) is 20.6. The van der Waals surface area contributed by atoms with Crippen molar-refractivity contribution < 1.29 is 0 Å². The van der Waals surface area contributed by atoms with Crippen molar-refractivity contribution in [3.63, 3.8) is 0 Å². The van der Waals surface area contributed by atoms with Crippen LogP contribution in [0.2, 0.25) is 0 Å². The molecule has 0 spiro atoms. The smallest absolute Gasteiger partial charge is 0.143 e. The van der Waals surface area contributed by atoms with Crippen LogP contribution in [0.25, 0.3) is 0 Å². The fourth-order valence-electron chi connectivity index (χ4n) is 2.50. The van der Waals surface area contributed by atoms with Gasteiger partial charge in [-0.05, 0) is 68.1 Å². The average molecular weight is 326 g/mol. The summed E-state index contributed by atoms with van der Waals surface area (Å²) >= 11 is 3.63. The number of anilines is 1. The molecule has 1 N–H and O–H groups in total. The number of pyridine rings is 1. The Balaban J connectivity index is 2.10. The average Bonchev–Trinajstić information content (AvgIpc) is 2.37. The lowest BCUT2D eigenvalue weighted by Crippen LogP contribution is -2.50. The van der Waals surface area contributed by atoms with E-state index in [1.807, 2.05) is 12.3 Å². The lowest BCUT2D eigenvalue weighted by Gasteiger charge is -2.38. The van der Waals surface area contributed by atoms with E-state index >= 15 is 0 Å². The van der Waals surface area contributed by atoms with Crippen LogP contribution in [0, 0.1) is 0 Å². The van der Waals surface area contributed by atoms with Crippen molar-refractivity contribution in [1.82, 2.24) is 10.3 Å². The van der Waals surface area contributed by atoms with Crippen molar-refractivity contribution in [1.29, 1.82) is 0 Å². The molecule has 0 bridgehead atoms. The quantitative estimate of drug-likeness (QED) is 0.920. The summed E-state index contributed by atoms with van der Waals surface area (Å²) < 4.78 is 1.10. The molecule has 1 fully saturated rings. The van der Waals surface area contributed by atoms with E-state index in [0.717, 1.165) is 23.4 Å². The summed E-state index contributed by atoms with van der Waals surface area (Å²) in [6, 6.07) is 4.59. The molecule has 1 unspecified atom stereocenters. The Hall–Kier alpha value is -0.610. The summed E-state index contributed by atoms with van der Waals surface area (Å²) in [5.74, 6) is 1.09. The van der Waals surface area contributed by atoms with Crippen molar-refractivity contribution >= 4 is 21.7 Å². The third kappa shape index (κ3) is 4.18. The van der Waals surface area contributed by atoms with Crippen molar-refractivity contribution in [3.05, 3.63) is 22.8 Å². The van der Waals surface area contributed by atoms with Crippen LogP contribution in [-0.4, -0.2) is 29.7 Å². The fourth-order valence-corrected chi connectivity index (χ4v) is 2.99. The number of nitrogens with zero attached hydrogens (tertiary/aromatic N) is 2. The molecule has 1 atom stereocenters. The molecular formula is C15H24BrN3. The SMILES string of the molecule is CC(C)(C)NCC1CCCCN1c1ncccc1Br. The Bertz CT molecular complexity index is 414. The number of hydrogen-bond donors (Lipinski definition) is 1. The number of rotatable bonds is 3. The fraction of sp³-hybridized carbons (Fsp3) is 0.667. The standard InChI is InChI=1S/C15H24BrN3/c1-15(2,3)18-11-12-7-4-5-10-19(12)14-13(16)8-6-9-17-14/h6,8-9,12,18H,4-5,7,10-11H2,1-3H3. The summed E-state index contributed by atoms with van der Waals surface area (Å²) in [6.45, 7) is 8.78. The molecule has 4 heteroatoms. The maximum Gasteiger partial charge on any atom is 0.143 e. The largest absolute Gasteiger partial charge is 0.351 e. The second-order valence-electron chi connectivity index (χ2n) is 6.28. The van der Waals surface area contributed by atoms with Crippen LogP contribution in [0.5, 0.6) is 0 Å². The molecule has 1 aromatic rings. The van der Waals surface area contributed by atoms with E-state index < -0.39 is 0 Å². The second kappa shape index (κ2) is 6.23. The van der Waals surface area contributed by atoms with Gasteiger partial charge in [-0.3, -0.25) is 0 Å². The van der Waals surface area contributed by atoms with Crippen LogP contribution in [0.15, 0.2) is 22.8 Å². The van der Waals surface area contributed by atoms with E-state index in [0.29, 0.717) is 6.04 Å². The molecule has 0 aromatic carbocycles. The zero-order valence-electron chi connectivity index (χ0n) is 12.1. The van der Waals surface area contributed by atoms with E-state index in [2.05, 4.69) is 58.0 Å². The molecule has 1 aliphatic rings. The maximum absolute atomic E-state index is 4.55. The number of hydrogen-bond acceptors (Lipinski definition) is 3. The Kier molecular flexibility index (Phi) is 4.85. The molecule has 1 aromatic heterocycles. The van der Waals surface area contributed by atoms with Gasteiger partial charge >= 0.3 is 0 Å². The van der Waals surface area contributed by atoms with Gasteiger partial charge in [0.05, 0.1) is 4.47 Å². The van der Waals surface area contributed by atoms with Crippen LogP contribution in [0.3, 0.4) is 0 Å². The van der Waals surface area contributed by atoms with Gasteiger partial charge in [-0.1, -0.05) is 0 Å². The van der Waals surface area contributed by atoms with Gasteiger partial charge in [0, 0.05) is 30.9 Å². The third-order valence-corrected chi connectivity index (χ3v) is 4.13. The summed E-state index contributed by atoms with van der Waals surface area (Å²) in [4.78, 5) is 7.00. The highest BCUT2D eigenvalue weighted by Gasteiger charge is 2.25. The highest BCUT2D eigenvalue weighted by atomic mass is 79.9. The number of piperidine rings is 1. The molecule has 3 nitrogen and oxygen atoms in total. The van der Waals surface area contributed by atoms with Crippen LogP contribution in [-0.2, 0) is 0 Å². The van der Waals surface area contributed by atoms with E-state index in [-0.39, 0.29) is 5.54 Å². The van der Waals surface area contributed by atoms with E-state index in [1.165, 1.54) is 19.3 Å². The third-order valence-electron chi connectivity index (χ3n) is 3.51. The highest BCUT2D eigenvalue weighted by molar-refractivity contribution is 9.10. The molecular weight excluding hydrogens is 302 g/mol. The van der Waals surface area contributed by atoms with Crippen LogP contribution >= 0.6 is 15.9 Å². The van der Waals surface area contributed by atoms with Crippen molar-refractivity contribution in [2.24, 2.45) is 0 Å². The lowest BCUT2D eigenvalue weighted by molar-refractivity contribution is 0.365. The van der Waals surface area contributed by atoms with Gasteiger partial charge in [-0.25, -0.2) is 4.98 Å². The maximum atomic E-state index is 4.55. The van der Waals surface area contributed by atoms with E-state index in [1.54, 1.807) is 0 Å². The van der Waals surface area contributed by atoms with Gasteiger partial charge in [0.25, 0.3) is 0 Å². The molecule has 1 saturated heterocycles. The minimum atomic E-state index is 0.171. The summed E-state index contributed by atoms with van der Waals surface area (Å²) in [6.07, 6.45) is 5.70. The Morgan fingerprint density at radius 1 is 1.42 bits per heavy atom. The first-order valence-corrected chi connectivity index (χ1v) is 7.89. The summed E-state index contributed by atoms with van der Waals surface area (Å²) in [7, 11) is 0. The minimum absolute atomic E-state index is 0.171. The molecule has 106 valence electrons. The first-order chi connectivity index (χ1) is 8.97. The van der Waals surface area contributed by atoms with Crippen molar-refractivity contribution in [2.45, 2.75) is 51.6 Å². The van der Waals surface area contributed by atoms with Crippen LogP contribution in [0.1, 0.15) is 40.0 Å². The Morgan fingerprint density at radius 2 is 2.21 bits per heavy atom. The van der Waals surface area contributed by atoms with Gasteiger partial charge in [-0.2, -0.15) is 0 Å². The number of aromatic nitrogens is 1. The highest BCUT2D eigenvalue weighted by Crippen LogP contribution is 2.29. The van der Waals surface area contributed by atoms with E-state index in [4.69, 9.17) is 0 Å². The minimum Gasteiger partial charge on any atom is -0.351 e. The predicted octanol–water partition coefficient (Wildman–Crippen LogP) is 3.59. The predicted molar refractivity (Wildman–Crippen MR) is 84.7 cm³/mol. The summed E-state index contributed by atoms with van der Waals surface area (Å²) in [5.41, 5.74) is 0.171. The molecule has 0 radical (unpaired) electrons. The second-order valence-corrected chi connectivity index (χ2v) is 7.14.